The Kier molecular flexibility index (Phi) is 7.62. The Bertz CT molecular complexity index is 1880. The molecule has 3 heterocycles. The number of furan rings is 1. The number of fused-ring (bicyclic) bond motifs is 1. The van der Waals surface area contributed by atoms with E-state index in [0.717, 1.165) is 11.3 Å². The van der Waals surface area contributed by atoms with Gasteiger partial charge in [0.2, 0.25) is 0 Å². The SMILES string of the molecule is CCOC(=O)C1=C(C)N=c2sc(=Cc3ccc(-c4cccc(C(=O)O)c4)o3)c(=O)n2C1c1cc(OC)ccc1OC. The van der Waals surface area contributed by atoms with Crippen LogP contribution in [-0.2, 0) is 9.53 Å². The lowest BCUT2D eigenvalue weighted by Crippen LogP contribution is -2.40. The van der Waals surface area contributed by atoms with Gasteiger partial charge in [-0.3, -0.25) is 9.36 Å². The number of esters is 1. The van der Waals surface area contributed by atoms with Crippen LogP contribution in [0.25, 0.3) is 17.4 Å². The van der Waals surface area contributed by atoms with E-state index in [2.05, 4.69) is 4.99 Å². The molecule has 10 nitrogen and oxygen atoms in total. The van der Waals surface area contributed by atoms with E-state index in [9.17, 15) is 19.5 Å². The molecule has 1 aliphatic heterocycles. The van der Waals surface area contributed by atoms with Crippen LogP contribution < -0.4 is 24.4 Å². The Morgan fingerprint density at radius 1 is 1.12 bits per heavy atom. The molecule has 0 radical (unpaired) electrons. The molecule has 1 aliphatic rings. The highest BCUT2D eigenvalue weighted by atomic mass is 32.1. The van der Waals surface area contributed by atoms with Crippen molar-refractivity contribution in [1.29, 1.82) is 0 Å². The van der Waals surface area contributed by atoms with Crippen molar-refractivity contribution in [3.05, 3.63) is 102 Å². The van der Waals surface area contributed by atoms with Crippen LogP contribution in [0.15, 0.2) is 80.1 Å². The quantitative estimate of drug-likeness (QED) is 0.315. The van der Waals surface area contributed by atoms with Crippen molar-refractivity contribution in [3.8, 4) is 22.8 Å². The third-order valence-corrected chi connectivity index (χ3v) is 7.53. The van der Waals surface area contributed by atoms with Gasteiger partial charge in [-0.25, -0.2) is 14.6 Å². The first-order chi connectivity index (χ1) is 19.7. The third kappa shape index (κ3) is 5.19. The number of benzene rings is 2. The molecule has 1 N–H and O–H groups in total. The van der Waals surface area contributed by atoms with Gasteiger partial charge >= 0.3 is 11.9 Å². The lowest BCUT2D eigenvalue weighted by Gasteiger charge is -2.26. The number of carboxylic acids is 1. The van der Waals surface area contributed by atoms with Crippen LogP contribution in [-0.4, -0.2) is 42.4 Å². The number of aromatic carboxylic acids is 1. The summed E-state index contributed by atoms with van der Waals surface area (Å²) in [5.41, 5.74) is 1.51. The molecule has 0 saturated carbocycles. The highest BCUT2D eigenvalue weighted by molar-refractivity contribution is 7.07. The Labute approximate surface area is 238 Å². The summed E-state index contributed by atoms with van der Waals surface area (Å²) in [5.74, 6) is 0.197. The number of hydrogen-bond donors (Lipinski definition) is 1. The highest BCUT2D eigenvalue weighted by Gasteiger charge is 2.35. The van der Waals surface area contributed by atoms with Gasteiger partial charge in [0.25, 0.3) is 5.56 Å². The molecule has 1 unspecified atom stereocenters. The molecule has 2 aromatic carbocycles. The molecule has 0 spiro atoms. The molecule has 11 heteroatoms. The van der Waals surface area contributed by atoms with Gasteiger partial charge in [-0.2, -0.15) is 0 Å². The molecule has 0 saturated heterocycles. The van der Waals surface area contributed by atoms with Gasteiger partial charge in [-0.15, -0.1) is 0 Å². The van der Waals surface area contributed by atoms with E-state index < -0.39 is 18.0 Å². The Morgan fingerprint density at radius 2 is 1.93 bits per heavy atom. The standard InChI is InChI=1S/C30H26N2O8S/c1-5-39-29(36)25-16(2)31-30-32(26(25)21-14-19(37-3)9-12-23(21)38-4)27(33)24(41-30)15-20-10-11-22(40-20)17-7-6-8-18(13-17)28(34)35/h6-15,26H,5H2,1-4H3,(H,34,35). The van der Waals surface area contributed by atoms with Crippen molar-refractivity contribution < 1.29 is 33.3 Å². The fourth-order valence-electron chi connectivity index (χ4n) is 4.66. The minimum absolute atomic E-state index is 0.134. The maximum absolute atomic E-state index is 13.9. The van der Waals surface area contributed by atoms with Crippen molar-refractivity contribution in [3.63, 3.8) is 0 Å². The number of ether oxygens (including phenoxy) is 3. The second kappa shape index (κ2) is 11.3. The van der Waals surface area contributed by atoms with Crippen LogP contribution in [0.5, 0.6) is 11.5 Å². The van der Waals surface area contributed by atoms with Gasteiger partial charge in [0.05, 0.1) is 42.2 Å². The molecule has 4 aromatic rings. The van der Waals surface area contributed by atoms with Gasteiger partial charge < -0.3 is 23.7 Å². The molecule has 1 atom stereocenters. The number of carbonyl (C=O) groups excluding carboxylic acids is 1. The number of rotatable bonds is 8. The number of thiazole rings is 1. The minimum Gasteiger partial charge on any atom is -0.497 e. The van der Waals surface area contributed by atoms with Crippen LogP contribution in [0, 0.1) is 0 Å². The van der Waals surface area contributed by atoms with Crippen LogP contribution in [0.1, 0.15) is 41.6 Å². The molecule has 210 valence electrons. The summed E-state index contributed by atoms with van der Waals surface area (Å²) in [4.78, 5) is 43.4. The van der Waals surface area contributed by atoms with Gasteiger partial charge in [0.1, 0.15) is 29.1 Å². The summed E-state index contributed by atoms with van der Waals surface area (Å²) >= 11 is 1.15. The molecular weight excluding hydrogens is 548 g/mol. The summed E-state index contributed by atoms with van der Waals surface area (Å²) in [6.45, 7) is 3.56. The number of hydrogen-bond acceptors (Lipinski definition) is 9. The van der Waals surface area contributed by atoms with E-state index in [1.807, 2.05) is 0 Å². The summed E-state index contributed by atoms with van der Waals surface area (Å²) in [6, 6.07) is 14.1. The van der Waals surface area contributed by atoms with Crippen molar-refractivity contribution in [2.45, 2.75) is 19.9 Å². The Balaban J connectivity index is 1.66. The first kappa shape index (κ1) is 27.7. The van der Waals surface area contributed by atoms with E-state index in [4.69, 9.17) is 18.6 Å². The smallest absolute Gasteiger partial charge is 0.338 e. The predicted molar refractivity (Wildman–Crippen MR) is 151 cm³/mol. The van der Waals surface area contributed by atoms with Crippen LogP contribution in [0.3, 0.4) is 0 Å². The van der Waals surface area contributed by atoms with Crippen molar-refractivity contribution >= 4 is 29.4 Å². The number of nitrogens with zero attached hydrogens (tertiary/aromatic N) is 2. The van der Waals surface area contributed by atoms with E-state index in [0.29, 0.717) is 49.2 Å². The minimum atomic E-state index is -1.04. The number of aromatic nitrogens is 1. The molecule has 5 rings (SSSR count). The lowest BCUT2D eigenvalue weighted by atomic mass is 9.95. The topological polar surface area (TPSA) is 130 Å². The van der Waals surface area contributed by atoms with Crippen LogP contribution >= 0.6 is 11.3 Å². The largest absolute Gasteiger partial charge is 0.497 e. The van der Waals surface area contributed by atoms with Gasteiger partial charge in [0, 0.05) is 17.2 Å². The summed E-state index contributed by atoms with van der Waals surface area (Å²) in [5, 5.41) is 9.31. The normalized spacial score (nSPS) is 14.8. The third-order valence-electron chi connectivity index (χ3n) is 6.54. The summed E-state index contributed by atoms with van der Waals surface area (Å²) in [7, 11) is 3.04. The zero-order chi connectivity index (χ0) is 29.3. The van der Waals surface area contributed by atoms with E-state index in [1.165, 1.54) is 30.9 Å². The van der Waals surface area contributed by atoms with E-state index >= 15 is 0 Å². The molecule has 2 aromatic heterocycles. The van der Waals surface area contributed by atoms with Crippen LogP contribution in [0.4, 0.5) is 0 Å². The maximum atomic E-state index is 13.9. The van der Waals surface area contributed by atoms with Crippen molar-refractivity contribution in [1.82, 2.24) is 4.57 Å². The first-order valence-corrected chi connectivity index (χ1v) is 13.4. The zero-order valence-electron chi connectivity index (χ0n) is 22.7. The zero-order valence-corrected chi connectivity index (χ0v) is 23.5. The second-order valence-electron chi connectivity index (χ2n) is 9.00. The van der Waals surface area contributed by atoms with E-state index in [1.54, 1.807) is 62.4 Å². The predicted octanol–water partition coefficient (Wildman–Crippen LogP) is 3.77. The monoisotopic (exact) mass is 574 g/mol. The second-order valence-corrected chi connectivity index (χ2v) is 10.0. The molecular formula is C30H26N2O8S. The molecule has 41 heavy (non-hydrogen) atoms. The van der Waals surface area contributed by atoms with Gasteiger partial charge in [0.15, 0.2) is 4.80 Å². The Hall–Kier alpha value is -4.90. The van der Waals surface area contributed by atoms with Gasteiger partial charge in [-0.05, 0) is 56.3 Å². The van der Waals surface area contributed by atoms with Crippen molar-refractivity contribution in [2.24, 2.45) is 4.99 Å². The molecule has 0 fully saturated rings. The lowest BCUT2D eigenvalue weighted by molar-refractivity contribution is -0.139. The van der Waals surface area contributed by atoms with Gasteiger partial charge in [-0.1, -0.05) is 23.5 Å². The summed E-state index contributed by atoms with van der Waals surface area (Å²) < 4.78 is 24.1. The average Bonchev–Trinajstić information content (AvgIpc) is 3.56. The molecule has 0 amide bonds. The highest BCUT2D eigenvalue weighted by Crippen LogP contribution is 2.37. The Morgan fingerprint density at radius 3 is 2.63 bits per heavy atom. The van der Waals surface area contributed by atoms with E-state index in [-0.39, 0.29) is 23.3 Å². The first-order valence-electron chi connectivity index (χ1n) is 12.6. The molecule has 0 aliphatic carbocycles. The average molecular weight is 575 g/mol. The van der Waals surface area contributed by atoms with Crippen molar-refractivity contribution in [2.75, 3.05) is 20.8 Å². The fraction of sp³-hybridized carbons (Fsp3) is 0.200. The number of allylic oxidation sites excluding steroid dienone is 1. The number of carbonyl (C=O) groups is 2. The summed E-state index contributed by atoms with van der Waals surface area (Å²) in [6.07, 6.45) is 1.59. The maximum Gasteiger partial charge on any atom is 0.338 e. The van der Waals surface area contributed by atoms with Crippen LogP contribution in [0.2, 0.25) is 0 Å². The number of carboxylic acid groups (broad SMARTS) is 1. The number of methoxy groups -OCH3 is 2. The fourth-order valence-corrected chi connectivity index (χ4v) is 5.69. The molecule has 0 bridgehead atoms.